The number of esters is 1. The third-order valence-corrected chi connectivity index (χ3v) is 7.34. The van der Waals surface area contributed by atoms with Gasteiger partial charge in [-0.1, -0.05) is 6.42 Å². The molecule has 2 unspecified atom stereocenters. The Hall–Kier alpha value is -2.61. The zero-order chi connectivity index (χ0) is 24.1. The van der Waals surface area contributed by atoms with Crippen molar-refractivity contribution in [2.75, 3.05) is 32.8 Å². The van der Waals surface area contributed by atoms with Crippen LogP contribution in [0.4, 0.5) is 4.39 Å². The number of piperidine rings is 1. The van der Waals surface area contributed by atoms with Crippen LogP contribution < -0.4 is 0 Å². The minimum atomic E-state index is -0.383. The lowest BCUT2D eigenvalue weighted by molar-refractivity contribution is -0.150. The summed E-state index contributed by atoms with van der Waals surface area (Å²) in [6.45, 7) is 4.78. The number of ether oxygens (including phenoxy) is 1. The lowest BCUT2D eigenvalue weighted by Crippen LogP contribution is -2.49. The van der Waals surface area contributed by atoms with Crippen LogP contribution in [0.5, 0.6) is 0 Å². The Balaban J connectivity index is 1.32. The molecular formula is C26H34FN3O4. The van der Waals surface area contributed by atoms with E-state index in [9.17, 15) is 18.8 Å². The van der Waals surface area contributed by atoms with Crippen LogP contribution >= 0.6 is 0 Å². The zero-order valence-electron chi connectivity index (χ0n) is 19.9. The number of amides is 1. The van der Waals surface area contributed by atoms with Gasteiger partial charge in [-0.05, 0) is 76.4 Å². The summed E-state index contributed by atoms with van der Waals surface area (Å²) in [6.07, 6.45) is 5.51. The highest BCUT2D eigenvalue weighted by Crippen LogP contribution is 2.35. The standard InChI is InChI=1S/C26H34FN3O4/c1-2-34-24(31)17-22-21-5-3-4-6-23(21)28-30(26(22)33)16-15-29-13-11-19(12-14-29)25(32)18-7-9-20(27)10-8-18/h7-10,19,21-22H,2-6,11-17H2,1H3. The number of nitrogens with zero attached hydrogens (tertiary/aromatic N) is 3. The van der Waals surface area contributed by atoms with E-state index in [1.807, 2.05) is 0 Å². The van der Waals surface area contributed by atoms with Crippen LogP contribution in [0.25, 0.3) is 0 Å². The fraction of sp³-hybridized carbons (Fsp3) is 0.615. The molecule has 0 spiro atoms. The lowest BCUT2D eigenvalue weighted by Gasteiger charge is -2.39. The Morgan fingerprint density at radius 2 is 1.82 bits per heavy atom. The first-order valence-electron chi connectivity index (χ1n) is 12.5. The van der Waals surface area contributed by atoms with Gasteiger partial charge in [-0.15, -0.1) is 0 Å². The maximum atomic E-state index is 13.2. The number of ketones is 1. The molecule has 1 aromatic carbocycles. The van der Waals surface area contributed by atoms with Gasteiger partial charge in [0, 0.05) is 29.7 Å². The van der Waals surface area contributed by atoms with E-state index in [0.29, 0.717) is 25.3 Å². The van der Waals surface area contributed by atoms with Crippen molar-refractivity contribution in [1.82, 2.24) is 9.91 Å². The highest BCUT2D eigenvalue weighted by Gasteiger charge is 2.41. The number of halogens is 1. The molecule has 8 heteroatoms. The van der Waals surface area contributed by atoms with Crippen LogP contribution in [0, 0.1) is 23.6 Å². The molecular weight excluding hydrogens is 437 g/mol. The van der Waals surface area contributed by atoms with E-state index in [-0.39, 0.29) is 47.7 Å². The number of Topliss-reactive ketones (excluding diaryl/α,β-unsaturated/α-hetero) is 1. The summed E-state index contributed by atoms with van der Waals surface area (Å²) in [5, 5.41) is 6.27. The molecule has 2 heterocycles. The second kappa shape index (κ2) is 11.2. The van der Waals surface area contributed by atoms with Gasteiger partial charge in [-0.3, -0.25) is 14.4 Å². The summed E-state index contributed by atoms with van der Waals surface area (Å²) in [5.41, 5.74) is 1.60. The number of hydrogen-bond acceptors (Lipinski definition) is 6. The highest BCUT2D eigenvalue weighted by molar-refractivity contribution is 5.98. The van der Waals surface area contributed by atoms with Crippen molar-refractivity contribution in [3.05, 3.63) is 35.6 Å². The molecule has 184 valence electrons. The lowest BCUT2D eigenvalue weighted by atomic mass is 9.75. The molecule has 1 amide bonds. The number of benzene rings is 1. The van der Waals surface area contributed by atoms with Gasteiger partial charge in [-0.25, -0.2) is 9.40 Å². The number of hydrazone groups is 1. The summed E-state index contributed by atoms with van der Waals surface area (Å²) in [5.74, 6) is -1.06. The predicted molar refractivity (Wildman–Crippen MR) is 126 cm³/mol. The van der Waals surface area contributed by atoms with E-state index in [4.69, 9.17) is 9.84 Å². The average Bonchev–Trinajstić information content (AvgIpc) is 2.85. The molecule has 7 nitrogen and oxygen atoms in total. The van der Waals surface area contributed by atoms with Gasteiger partial charge in [0.05, 0.1) is 25.5 Å². The summed E-state index contributed by atoms with van der Waals surface area (Å²) in [6, 6.07) is 5.75. The minimum Gasteiger partial charge on any atom is -0.466 e. The SMILES string of the molecule is CCOC(=O)CC1C(=O)N(CCN2CCC(C(=O)c3ccc(F)cc3)CC2)N=C2CCCCC21. The first-order valence-corrected chi connectivity index (χ1v) is 12.5. The molecule has 34 heavy (non-hydrogen) atoms. The van der Waals surface area contributed by atoms with Crippen molar-refractivity contribution < 1.29 is 23.5 Å². The predicted octanol–water partition coefficient (Wildman–Crippen LogP) is 3.68. The first-order chi connectivity index (χ1) is 16.5. The third-order valence-electron chi connectivity index (χ3n) is 7.34. The smallest absolute Gasteiger partial charge is 0.306 e. The number of carbonyl (C=O) groups excluding carboxylic acids is 3. The Morgan fingerprint density at radius 3 is 2.53 bits per heavy atom. The van der Waals surface area contributed by atoms with Crippen molar-refractivity contribution in [3.8, 4) is 0 Å². The molecule has 2 atom stereocenters. The van der Waals surface area contributed by atoms with Crippen molar-refractivity contribution >= 4 is 23.4 Å². The van der Waals surface area contributed by atoms with E-state index in [1.165, 1.54) is 12.1 Å². The van der Waals surface area contributed by atoms with Crippen molar-refractivity contribution in [3.63, 3.8) is 0 Å². The Bertz CT molecular complexity index is 924. The summed E-state index contributed by atoms with van der Waals surface area (Å²) in [4.78, 5) is 40.4. The fourth-order valence-corrected chi connectivity index (χ4v) is 5.44. The number of hydrogen-bond donors (Lipinski definition) is 0. The molecule has 1 saturated heterocycles. The van der Waals surface area contributed by atoms with Crippen molar-refractivity contribution in [1.29, 1.82) is 0 Å². The average molecular weight is 472 g/mol. The Labute approximate surface area is 200 Å². The van der Waals surface area contributed by atoms with Gasteiger partial charge < -0.3 is 9.64 Å². The van der Waals surface area contributed by atoms with Gasteiger partial charge >= 0.3 is 5.97 Å². The Morgan fingerprint density at radius 1 is 1.09 bits per heavy atom. The monoisotopic (exact) mass is 471 g/mol. The topological polar surface area (TPSA) is 79.3 Å². The molecule has 2 fully saturated rings. The molecule has 0 N–H and O–H groups in total. The maximum absolute atomic E-state index is 13.2. The zero-order valence-corrected chi connectivity index (χ0v) is 19.9. The molecule has 1 saturated carbocycles. The van der Waals surface area contributed by atoms with E-state index in [2.05, 4.69) is 4.90 Å². The molecule has 0 aromatic heterocycles. The largest absolute Gasteiger partial charge is 0.466 e. The van der Waals surface area contributed by atoms with Crippen LogP contribution in [-0.2, 0) is 14.3 Å². The molecule has 2 aliphatic heterocycles. The van der Waals surface area contributed by atoms with Crippen LogP contribution in [-0.4, -0.2) is 66.1 Å². The number of carbonyl (C=O) groups is 3. The van der Waals surface area contributed by atoms with E-state index < -0.39 is 0 Å². The van der Waals surface area contributed by atoms with E-state index >= 15 is 0 Å². The normalized spacial score (nSPS) is 23.9. The van der Waals surface area contributed by atoms with Gasteiger partial charge in [0.1, 0.15) is 5.82 Å². The maximum Gasteiger partial charge on any atom is 0.306 e. The summed E-state index contributed by atoms with van der Waals surface area (Å²) >= 11 is 0. The van der Waals surface area contributed by atoms with Gasteiger partial charge in [0.15, 0.2) is 5.78 Å². The molecule has 1 aliphatic carbocycles. The molecule has 3 aliphatic rings. The minimum absolute atomic E-state index is 0.0510. The summed E-state index contributed by atoms with van der Waals surface area (Å²) < 4.78 is 18.3. The molecule has 1 aromatic rings. The molecule has 0 bridgehead atoms. The fourth-order valence-electron chi connectivity index (χ4n) is 5.44. The van der Waals surface area contributed by atoms with E-state index in [1.54, 1.807) is 24.1 Å². The second-order valence-electron chi connectivity index (χ2n) is 9.51. The van der Waals surface area contributed by atoms with E-state index in [0.717, 1.165) is 57.3 Å². The third kappa shape index (κ3) is 5.71. The Kier molecular flexibility index (Phi) is 8.08. The van der Waals surface area contributed by atoms with Crippen LogP contribution in [0.15, 0.2) is 29.4 Å². The first kappa shape index (κ1) is 24.5. The highest BCUT2D eigenvalue weighted by atomic mass is 19.1. The molecule has 4 rings (SSSR count). The number of rotatable bonds is 8. The van der Waals surface area contributed by atoms with Crippen molar-refractivity contribution in [2.45, 2.75) is 51.9 Å². The van der Waals surface area contributed by atoms with Gasteiger partial charge in [0.25, 0.3) is 0 Å². The second-order valence-corrected chi connectivity index (χ2v) is 9.51. The van der Waals surface area contributed by atoms with Gasteiger partial charge in [0.2, 0.25) is 5.91 Å². The quantitative estimate of drug-likeness (QED) is 0.427. The van der Waals surface area contributed by atoms with Crippen LogP contribution in [0.3, 0.4) is 0 Å². The number of likely N-dealkylation sites (tertiary alicyclic amines) is 1. The summed E-state index contributed by atoms with van der Waals surface area (Å²) in [7, 11) is 0. The molecule has 0 radical (unpaired) electrons. The van der Waals surface area contributed by atoms with Crippen LogP contribution in [0.1, 0.15) is 62.2 Å². The number of fused-ring (bicyclic) bond motifs is 1. The van der Waals surface area contributed by atoms with Gasteiger partial charge in [-0.2, -0.15) is 5.10 Å². The van der Waals surface area contributed by atoms with Crippen LogP contribution in [0.2, 0.25) is 0 Å². The van der Waals surface area contributed by atoms with Crippen molar-refractivity contribution in [2.24, 2.45) is 22.9 Å².